The minimum absolute atomic E-state index is 0. The summed E-state index contributed by atoms with van der Waals surface area (Å²) in [7, 11) is 0. The summed E-state index contributed by atoms with van der Waals surface area (Å²) in [6.45, 7) is 0. The fourth-order valence-corrected chi connectivity index (χ4v) is 0. The first-order chi connectivity index (χ1) is 0. The Balaban J connectivity index is 0. The predicted octanol–water partition coefficient (Wildman–Crippen LogP) is -0.388. The maximum atomic E-state index is 0. The Kier molecular flexibility index (Phi) is 200. The van der Waals surface area contributed by atoms with E-state index < -0.39 is 0 Å². The molecule has 4 heteroatoms. The standard InChI is InChI=1S/Mn.Mo.Ni.Si. The van der Waals surface area contributed by atoms with Crippen LogP contribution in [-0.4, -0.2) is 11.0 Å². The molecule has 0 rings (SSSR count). The summed E-state index contributed by atoms with van der Waals surface area (Å²) in [6.07, 6.45) is 0. The van der Waals surface area contributed by atoms with E-state index in [1.165, 1.54) is 0 Å². The molecule has 0 spiro atoms. The molecule has 0 heterocycles. The third-order valence-electron chi connectivity index (χ3n) is 0. The summed E-state index contributed by atoms with van der Waals surface area (Å²) in [5.74, 6) is 0. The van der Waals surface area contributed by atoms with E-state index in [4.69, 9.17) is 0 Å². The maximum absolute atomic E-state index is 0. The van der Waals surface area contributed by atoms with Gasteiger partial charge in [-0.15, -0.1) is 0 Å². The van der Waals surface area contributed by atoms with E-state index >= 15 is 0 Å². The summed E-state index contributed by atoms with van der Waals surface area (Å²) in [4.78, 5) is 0. The number of hydrogen-bond donors (Lipinski definition) is 0. The predicted molar refractivity (Wildman–Crippen MR) is 5.75 cm³/mol. The molecule has 0 aliphatic heterocycles. The molecule has 0 aromatic carbocycles. The molecular formula is MnMoNiSi. The fraction of sp³-hybridized carbons (Fsp3) is 0. The van der Waals surface area contributed by atoms with Crippen molar-refractivity contribution in [2.45, 2.75) is 0 Å². The molecule has 0 aliphatic carbocycles. The first-order valence-electron chi connectivity index (χ1n) is 0. The van der Waals surface area contributed by atoms with E-state index in [9.17, 15) is 0 Å². The normalized spacial score (nSPS) is 0. The topological polar surface area (TPSA) is 0 Å². The summed E-state index contributed by atoms with van der Waals surface area (Å²) in [5.41, 5.74) is 0. The van der Waals surface area contributed by atoms with Crippen LogP contribution in [0.25, 0.3) is 0 Å². The molecule has 0 N–H and O–H groups in total. The minimum atomic E-state index is 0. The van der Waals surface area contributed by atoms with Crippen molar-refractivity contribution in [2.75, 3.05) is 0 Å². The van der Waals surface area contributed by atoms with Gasteiger partial charge >= 0.3 is 0 Å². The van der Waals surface area contributed by atoms with Gasteiger partial charge in [-0.1, -0.05) is 0 Å². The molecular weight excluding hydrogens is 238 g/mol. The number of hydrogen-bond acceptors (Lipinski definition) is 0. The molecule has 0 aromatic rings. The third-order valence-corrected chi connectivity index (χ3v) is 0. The van der Waals surface area contributed by atoms with Crippen LogP contribution in [0.15, 0.2) is 0 Å². The molecule has 0 aromatic heterocycles. The molecule has 0 fully saturated rings. The summed E-state index contributed by atoms with van der Waals surface area (Å²) < 4.78 is 0. The molecule has 0 bridgehead atoms. The minimum Gasteiger partial charge on any atom is 0 e. The van der Waals surface area contributed by atoms with Crippen LogP contribution in [0.2, 0.25) is 0 Å². The van der Waals surface area contributed by atoms with Crippen LogP contribution in [0.1, 0.15) is 0 Å². The van der Waals surface area contributed by atoms with E-state index in [0.29, 0.717) is 0 Å². The Morgan fingerprint density at radius 2 is 1.00 bits per heavy atom. The Morgan fingerprint density at radius 1 is 1.00 bits per heavy atom. The van der Waals surface area contributed by atoms with Gasteiger partial charge in [0.05, 0.1) is 0 Å². The smallest absolute Gasteiger partial charge is 0 e. The third kappa shape index (κ3) is 9.07. The average Bonchev–Trinajstić information content (AvgIpc) is 0. The summed E-state index contributed by atoms with van der Waals surface area (Å²) in [6, 6.07) is 0. The van der Waals surface area contributed by atoms with Gasteiger partial charge in [-0.05, 0) is 0 Å². The second-order valence-electron chi connectivity index (χ2n) is 0. The van der Waals surface area contributed by atoms with Gasteiger partial charge in [0, 0.05) is 65.6 Å². The second kappa shape index (κ2) is 20.5. The zero-order valence-corrected chi connectivity index (χ0v) is 6.78. The van der Waals surface area contributed by atoms with Crippen molar-refractivity contribution in [3.63, 3.8) is 0 Å². The van der Waals surface area contributed by atoms with Gasteiger partial charge in [-0.2, -0.15) is 0 Å². The second-order valence-corrected chi connectivity index (χ2v) is 0. The van der Waals surface area contributed by atoms with Gasteiger partial charge in [-0.25, -0.2) is 0 Å². The molecule has 4 heavy (non-hydrogen) atoms. The molecule has 0 amide bonds. The van der Waals surface area contributed by atoms with Crippen molar-refractivity contribution in [2.24, 2.45) is 0 Å². The zero-order valence-electron chi connectivity index (χ0n) is 1.60. The van der Waals surface area contributed by atoms with Gasteiger partial charge in [0.2, 0.25) is 0 Å². The van der Waals surface area contributed by atoms with Crippen LogP contribution in [0.4, 0.5) is 0 Å². The van der Waals surface area contributed by atoms with Gasteiger partial charge in [0.25, 0.3) is 0 Å². The van der Waals surface area contributed by atoms with E-state index in [2.05, 4.69) is 0 Å². The van der Waals surface area contributed by atoms with E-state index in [1.54, 1.807) is 0 Å². The Hall–Kier alpha value is 1.92. The quantitative estimate of drug-likeness (QED) is 0.504. The van der Waals surface area contributed by atoms with Crippen molar-refractivity contribution >= 4 is 11.0 Å². The maximum Gasteiger partial charge on any atom is 0 e. The van der Waals surface area contributed by atoms with Gasteiger partial charge in [-0.3, -0.25) is 0 Å². The number of rotatable bonds is 0. The van der Waals surface area contributed by atoms with Gasteiger partial charge < -0.3 is 0 Å². The van der Waals surface area contributed by atoms with Crippen molar-refractivity contribution in [3.8, 4) is 0 Å². The molecule has 0 nitrogen and oxygen atoms in total. The van der Waals surface area contributed by atoms with Crippen LogP contribution in [0, 0.1) is 0 Å². The molecule has 0 aliphatic rings. The Labute approximate surface area is 65.2 Å². The van der Waals surface area contributed by atoms with Crippen molar-refractivity contribution in [1.29, 1.82) is 0 Å². The largest absolute Gasteiger partial charge is 0 e. The SMILES string of the molecule is [Mn].[Mo].[Ni].[Si]. The molecule has 0 saturated carbocycles. The first kappa shape index (κ1) is 38.9. The van der Waals surface area contributed by atoms with Crippen molar-refractivity contribution < 1.29 is 54.6 Å². The average molecular weight is 238 g/mol. The van der Waals surface area contributed by atoms with Crippen LogP contribution < -0.4 is 0 Å². The molecule has 27 valence electrons. The fourth-order valence-electron chi connectivity index (χ4n) is 0. The molecule has 0 unspecified atom stereocenters. The van der Waals surface area contributed by atoms with Crippen molar-refractivity contribution in [3.05, 3.63) is 0 Å². The van der Waals surface area contributed by atoms with E-state index in [0.717, 1.165) is 0 Å². The molecule has 0 atom stereocenters. The van der Waals surface area contributed by atoms with Gasteiger partial charge in [0.15, 0.2) is 0 Å². The first-order valence-corrected chi connectivity index (χ1v) is 0. The van der Waals surface area contributed by atoms with Gasteiger partial charge in [0.1, 0.15) is 0 Å². The molecule has 0 saturated heterocycles. The van der Waals surface area contributed by atoms with Crippen LogP contribution >= 0.6 is 0 Å². The Morgan fingerprint density at radius 3 is 1.00 bits per heavy atom. The molecule has 5 radical (unpaired) electrons. The Bertz CT molecular complexity index is 8.00. The summed E-state index contributed by atoms with van der Waals surface area (Å²) in [5, 5.41) is 0. The van der Waals surface area contributed by atoms with Crippen molar-refractivity contribution in [1.82, 2.24) is 0 Å². The van der Waals surface area contributed by atoms with E-state index in [-0.39, 0.29) is 65.6 Å². The van der Waals surface area contributed by atoms with E-state index in [1.807, 2.05) is 0 Å². The monoisotopic (exact) mass is 239 g/mol. The zero-order chi connectivity index (χ0) is 0. The van der Waals surface area contributed by atoms with Crippen LogP contribution in [0.3, 0.4) is 0 Å². The van der Waals surface area contributed by atoms with Crippen LogP contribution in [-0.2, 0) is 54.6 Å². The summed E-state index contributed by atoms with van der Waals surface area (Å²) >= 11 is 0. The van der Waals surface area contributed by atoms with Crippen LogP contribution in [0.5, 0.6) is 0 Å².